The zero-order chi connectivity index (χ0) is 16.2. The van der Waals surface area contributed by atoms with E-state index in [1.807, 2.05) is 0 Å². The van der Waals surface area contributed by atoms with Gasteiger partial charge in [0.1, 0.15) is 10.8 Å². The van der Waals surface area contributed by atoms with Crippen molar-refractivity contribution in [3.8, 4) is 0 Å². The Morgan fingerprint density at radius 3 is 2.78 bits per heavy atom. The second kappa shape index (κ2) is 6.95. The average molecular weight is 333 g/mol. The molecule has 2 N–H and O–H groups in total. The molecular weight excluding hydrogens is 317 g/mol. The molecule has 2 aromatic rings. The molecule has 0 saturated heterocycles. The van der Waals surface area contributed by atoms with Crippen molar-refractivity contribution in [3.05, 3.63) is 51.8 Å². The van der Waals surface area contributed by atoms with E-state index in [0.29, 0.717) is 10.7 Å². The number of aromatic nitrogens is 2. The molecule has 1 aromatic heterocycles. The van der Waals surface area contributed by atoms with Gasteiger partial charge in [-0.25, -0.2) is 9.18 Å². The molecule has 1 amide bonds. The summed E-state index contributed by atoms with van der Waals surface area (Å²) in [6, 6.07) is 5.59. The second-order valence-corrected chi connectivity index (χ2v) is 6.32. The van der Waals surface area contributed by atoms with Gasteiger partial charge < -0.3 is 10.3 Å². The Morgan fingerprint density at radius 2 is 2.00 bits per heavy atom. The lowest BCUT2D eigenvalue weighted by Gasteiger charge is -2.17. The first-order valence-corrected chi connectivity index (χ1v) is 8.40. The standard InChI is InChI=1S/C16H16FN3O2S/c17-10-5-7-11(8-6-10)18-14(21)9-23-15-12-3-1-2-4-13(12)19-16(22)20-15/h5-8H,1-4,9H2,(H,18,21)(H,19,20,22). The van der Waals surface area contributed by atoms with Gasteiger partial charge >= 0.3 is 5.69 Å². The number of carbonyl (C=O) groups excluding carboxylic acids is 1. The van der Waals surface area contributed by atoms with Crippen LogP contribution in [-0.4, -0.2) is 21.6 Å². The number of hydrogen-bond acceptors (Lipinski definition) is 4. The van der Waals surface area contributed by atoms with Gasteiger partial charge in [-0.1, -0.05) is 11.8 Å². The molecule has 1 aliphatic rings. The zero-order valence-electron chi connectivity index (χ0n) is 12.4. The summed E-state index contributed by atoms with van der Waals surface area (Å²) in [6.07, 6.45) is 3.85. The fourth-order valence-corrected chi connectivity index (χ4v) is 3.47. The van der Waals surface area contributed by atoms with Gasteiger partial charge in [0.15, 0.2) is 0 Å². The fraction of sp³-hybridized carbons (Fsp3) is 0.312. The third-order valence-corrected chi connectivity index (χ3v) is 4.67. The van der Waals surface area contributed by atoms with Crippen LogP contribution in [0.1, 0.15) is 24.1 Å². The van der Waals surface area contributed by atoms with E-state index in [-0.39, 0.29) is 23.2 Å². The van der Waals surface area contributed by atoms with Gasteiger partial charge in [-0.15, -0.1) is 0 Å². The van der Waals surface area contributed by atoms with Crippen molar-refractivity contribution in [2.45, 2.75) is 30.7 Å². The number of H-pyrrole nitrogens is 1. The molecule has 0 atom stereocenters. The SMILES string of the molecule is O=C(CSc1nc(=O)[nH]c2c1CCCC2)Nc1ccc(F)cc1. The predicted octanol–water partition coefficient (Wildman–Crippen LogP) is 2.52. The van der Waals surface area contributed by atoms with Gasteiger partial charge in [0.2, 0.25) is 5.91 Å². The smallest absolute Gasteiger partial charge is 0.325 e. The number of nitrogens with one attached hydrogen (secondary N) is 2. The number of carbonyl (C=O) groups is 1. The molecule has 7 heteroatoms. The van der Waals surface area contributed by atoms with E-state index in [1.54, 1.807) is 0 Å². The van der Waals surface area contributed by atoms with E-state index >= 15 is 0 Å². The largest absolute Gasteiger partial charge is 0.346 e. The first-order chi connectivity index (χ1) is 11.1. The minimum atomic E-state index is -0.368. The lowest BCUT2D eigenvalue weighted by molar-refractivity contribution is -0.113. The summed E-state index contributed by atoms with van der Waals surface area (Å²) >= 11 is 1.26. The van der Waals surface area contributed by atoms with Crippen LogP contribution in [0.2, 0.25) is 0 Å². The number of halogens is 1. The number of thioether (sulfide) groups is 1. The Kier molecular flexibility index (Phi) is 4.76. The van der Waals surface area contributed by atoms with Crippen LogP contribution < -0.4 is 11.0 Å². The Morgan fingerprint density at radius 1 is 1.26 bits per heavy atom. The van der Waals surface area contributed by atoms with Crippen LogP contribution in [0.3, 0.4) is 0 Å². The number of amides is 1. The van der Waals surface area contributed by atoms with Gasteiger partial charge in [0.05, 0.1) is 5.75 Å². The minimum absolute atomic E-state index is 0.153. The van der Waals surface area contributed by atoms with Gasteiger partial charge in [-0.05, 0) is 49.9 Å². The second-order valence-electron chi connectivity index (χ2n) is 5.36. The Balaban J connectivity index is 1.66. The number of aryl methyl sites for hydroxylation is 1. The normalized spacial score (nSPS) is 13.4. The summed E-state index contributed by atoms with van der Waals surface area (Å²) in [5, 5.41) is 3.33. The van der Waals surface area contributed by atoms with Crippen LogP contribution in [-0.2, 0) is 17.6 Å². The van der Waals surface area contributed by atoms with Crippen LogP contribution in [0.5, 0.6) is 0 Å². The molecule has 0 fully saturated rings. The van der Waals surface area contributed by atoms with E-state index in [9.17, 15) is 14.0 Å². The van der Waals surface area contributed by atoms with Crippen LogP contribution in [0.25, 0.3) is 0 Å². The molecule has 0 saturated carbocycles. The number of nitrogens with zero attached hydrogens (tertiary/aromatic N) is 1. The molecule has 1 aromatic carbocycles. The molecule has 5 nitrogen and oxygen atoms in total. The van der Waals surface area contributed by atoms with E-state index in [0.717, 1.165) is 36.9 Å². The average Bonchev–Trinajstić information content (AvgIpc) is 2.54. The molecule has 0 unspecified atom stereocenters. The Bertz CT molecular complexity index is 774. The third kappa shape index (κ3) is 3.98. The highest BCUT2D eigenvalue weighted by molar-refractivity contribution is 8.00. The summed E-state index contributed by atoms with van der Waals surface area (Å²) in [4.78, 5) is 30.4. The maximum atomic E-state index is 12.8. The van der Waals surface area contributed by atoms with Crippen molar-refractivity contribution in [1.82, 2.24) is 9.97 Å². The number of benzene rings is 1. The minimum Gasteiger partial charge on any atom is -0.325 e. The molecule has 120 valence electrons. The summed E-state index contributed by atoms with van der Waals surface area (Å²) < 4.78 is 12.8. The highest BCUT2D eigenvalue weighted by Gasteiger charge is 2.17. The molecule has 1 heterocycles. The van der Waals surface area contributed by atoms with Crippen molar-refractivity contribution in [1.29, 1.82) is 0 Å². The molecule has 23 heavy (non-hydrogen) atoms. The summed E-state index contributed by atoms with van der Waals surface area (Å²) in [5.41, 5.74) is 2.16. The van der Waals surface area contributed by atoms with Crippen molar-refractivity contribution in [2.75, 3.05) is 11.1 Å². The highest BCUT2D eigenvalue weighted by Crippen LogP contribution is 2.27. The van der Waals surface area contributed by atoms with Gasteiger partial charge in [-0.3, -0.25) is 4.79 Å². The van der Waals surface area contributed by atoms with Crippen LogP contribution in [0.15, 0.2) is 34.1 Å². The predicted molar refractivity (Wildman–Crippen MR) is 87.3 cm³/mol. The van der Waals surface area contributed by atoms with Crippen LogP contribution in [0.4, 0.5) is 10.1 Å². The fourth-order valence-electron chi connectivity index (χ4n) is 2.58. The van der Waals surface area contributed by atoms with Crippen molar-refractivity contribution in [2.24, 2.45) is 0 Å². The number of rotatable bonds is 4. The lowest BCUT2D eigenvalue weighted by atomic mass is 9.98. The van der Waals surface area contributed by atoms with Crippen LogP contribution >= 0.6 is 11.8 Å². The monoisotopic (exact) mass is 333 g/mol. The van der Waals surface area contributed by atoms with Crippen molar-refractivity contribution >= 4 is 23.4 Å². The Hall–Kier alpha value is -2.15. The summed E-state index contributed by atoms with van der Waals surface area (Å²) in [6.45, 7) is 0. The molecule has 0 bridgehead atoms. The number of fused-ring (bicyclic) bond motifs is 1. The summed E-state index contributed by atoms with van der Waals surface area (Å²) in [7, 11) is 0. The van der Waals surface area contributed by atoms with Crippen molar-refractivity contribution < 1.29 is 9.18 Å². The van der Waals surface area contributed by atoms with E-state index in [2.05, 4.69) is 15.3 Å². The topological polar surface area (TPSA) is 74.8 Å². The molecule has 3 rings (SSSR count). The molecule has 0 spiro atoms. The third-order valence-electron chi connectivity index (χ3n) is 3.65. The first-order valence-electron chi connectivity index (χ1n) is 7.42. The Labute approximate surface area is 136 Å². The number of anilines is 1. The van der Waals surface area contributed by atoms with Gasteiger partial charge in [-0.2, -0.15) is 4.98 Å². The molecule has 0 aliphatic heterocycles. The van der Waals surface area contributed by atoms with E-state index in [1.165, 1.54) is 36.0 Å². The number of aromatic amines is 1. The maximum absolute atomic E-state index is 12.8. The summed E-state index contributed by atoms with van der Waals surface area (Å²) in [5.74, 6) is -0.412. The van der Waals surface area contributed by atoms with Gasteiger partial charge in [0.25, 0.3) is 0 Å². The quantitative estimate of drug-likeness (QED) is 0.666. The highest BCUT2D eigenvalue weighted by atomic mass is 32.2. The van der Waals surface area contributed by atoms with Crippen LogP contribution in [0, 0.1) is 5.82 Å². The molecular formula is C16H16FN3O2S. The molecule has 1 aliphatic carbocycles. The van der Waals surface area contributed by atoms with Gasteiger partial charge in [0, 0.05) is 16.9 Å². The van der Waals surface area contributed by atoms with Crippen molar-refractivity contribution in [3.63, 3.8) is 0 Å². The zero-order valence-corrected chi connectivity index (χ0v) is 13.2. The maximum Gasteiger partial charge on any atom is 0.346 e. The van der Waals surface area contributed by atoms with E-state index in [4.69, 9.17) is 0 Å². The lowest BCUT2D eigenvalue weighted by Crippen LogP contribution is -2.20. The number of hydrogen-bond donors (Lipinski definition) is 2. The molecule has 0 radical (unpaired) electrons. The van der Waals surface area contributed by atoms with E-state index < -0.39 is 0 Å². The first kappa shape index (κ1) is 15.7.